The molecular weight excluding hydrogens is 334 g/mol. The number of amides is 3. The van der Waals surface area contributed by atoms with Gasteiger partial charge in [0.05, 0.1) is 0 Å². The van der Waals surface area contributed by atoms with Crippen molar-refractivity contribution in [3.63, 3.8) is 0 Å². The van der Waals surface area contributed by atoms with Gasteiger partial charge in [-0.05, 0) is 49.1 Å². The van der Waals surface area contributed by atoms with Crippen LogP contribution in [0.3, 0.4) is 0 Å². The predicted octanol–water partition coefficient (Wildman–Crippen LogP) is 3.14. The maximum atomic E-state index is 13.0. The summed E-state index contributed by atoms with van der Waals surface area (Å²) in [6, 6.07) is 2.11. The van der Waals surface area contributed by atoms with E-state index in [9.17, 15) is 9.59 Å². The average molecular weight is 362 g/mol. The third kappa shape index (κ3) is 3.54. The number of nitrogens with one attached hydrogen (secondary N) is 1. The molecule has 4 rings (SSSR count). The van der Waals surface area contributed by atoms with Crippen molar-refractivity contribution in [3.8, 4) is 0 Å². The Morgan fingerprint density at radius 3 is 2.76 bits per heavy atom. The molecule has 5 nitrogen and oxygen atoms in total. The number of urea groups is 1. The number of nitrogens with zero attached hydrogens (tertiary/aromatic N) is 2. The van der Waals surface area contributed by atoms with Crippen LogP contribution in [-0.2, 0) is 17.8 Å². The first kappa shape index (κ1) is 16.9. The Kier molecular flexibility index (Phi) is 4.97. The highest BCUT2D eigenvalue weighted by molar-refractivity contribution is 7.10. The first-order chi connectivity index (χ1) is 12.2. The van der Waals surface area contributed by atoms with Gasteiger partial charge in [-0.2, -0.15) is 0 Å². The lowest BCUT2D eigenvalue weighted by Gasteiger charge is -2.33. The lowest BCUT2D eigenvalue weighted by Crippen LogP contribution is -2.53. The minimum Gasteiger partial charge on any atom is -0.336 e. The number of carbonyl (C=O) groups excluding carboxylic acids is 2. The minimum atomic E-state index is -0.274. The zero-order valence-electron chi connectivity index (χ0n) is 14.7. The number of hydrogen-bond acceptors (Lipinski definition) is 3. The molecule has 136 valence electrons. The van der Waals surface area contributed by atoms with E-state index in [1.54, 1.807) is 16.2 Å². The van der Waals surface area contributed by atoms with Crippen LogP contribution in [0.5, 0.6) is 0 Å². The first-order valence-corrected chi connectivity index (χ1v) is 10.5. The largest absolute Gasteiger partial charge is 0.336 e. The normalized spacial score (nSPS) is 24.2. The van der Waals surface area contributed by atoms with E-state index in [0.29, 0.717) is 19.1 Å². The predicted molar refractivity (Wildman–Crippen MR) is 98.6 cm³/mol. The van der Waals surface area contributed by atoms with Crippen LogP contribution >= 0.6 is 11.3 Å². The fourth-order valence-corrected chi connectivity index (χ4v) is 5.31. The van der Waals surface area contributed by atoms with E-state index in [0.717, 1.165) is 38.6 Å². The summed E-state index contributed by atoms with van der Waals surface area (Å²) in [6.07, 6.45) is 8.48. The molecule has 1 aromatic rings. The van der Waals surface area contributed by atoms with Gasteiger partial charge < -0.3 is 15.1 Å². The molecule has 0 spiro atoms. The molecule has 0 bridgehead atoms. The van der Waals surface area contributed by atoms with Crippen molar-refractivity contribution in [1.82, 2.24) is 15.1 Å². The van der Waals surface area contributed by atoms with Gasteiger partial charge in [-0.15, -0.1) is 11.3 Å². The van der Waals surface area contributed by atoms with Gasteiger partial charge in [-0.1, -0.05) is 19.3 Å². The van der Waals surface area contributed by atoms with Crippen LogP contribution < -0.4 is 5.32 Å². The molecule has 2 fully saturated rings. The van der Waals surface area contributed by atoms with E-state index in [1.165, 1.54) is 29.7 Å². The average Bonchev–Trinajstić information content (AvgIpc) is 3.30. The lowest BCUT2D eigenvalue weighted by molar-refractivity contribution is -0.136. The molecule has 6 heteroatoms. The third-order valence-corrected chi connectivity index (χ3v) is 6.87. The quantitative estimate of drug-likeness (QED) is 0.880. The maximum absolute atomic E-state index is 13.0. The molecule has 1 saturated heterocycles. The van der Waals surface area contributed by atoms with Crippen molar-refractivity contribution < 1.29 is 9.59 Å². The molecule has 25 heavy (non-hydrogen) atoms. The Bertz CT molecular complexity index is 638. The molecule has 0 radical (unpaired) electrons. The summed E-state index contributed by atoms with van der Waals surface area (Å²) in [5.41, 5.74) is 1.28. The van der Waals surface area contributed by atoms with Gasteiger partial charge in [-0.25, -0.2) is 4.79 Å². The second-order valence-corrected chi connectivity index (χ2v) is 8.52. The molecule has 3 aliphatic rings. The molecule has 3 amide bonds. The van der Waals surface area contributed by atoms with Crippen molar-refractivity contribution in [1.29, 1.82) is 0 Å². The van der Waals surface area contributed by atoms with Crippen LogP contribution in [0.15, 0.2) is 11.4 Å². The second-order valence-electron chi connectivity index (χ2n) is 7.51. The molecule has 3 heterocycles. The third-order valence-electron chi connectivity index (χ3n) is 5.85. The van der Waals surface area contributed by atoms with Crippen molar-refractivity contribution >= 4 is 23.3 Å². The maximum Gasteiger partial charge on any atom is 0.318 e. The van der Waals surface area contributed by atoms with E-state index in [2.05, 4.69) is 16.8 Å². The summed E-state index contributed by atoms with van der Waals surface area (Å²) in [6.45, 7) is 2.18. The summed E-state index contributed by atoms with van der Waals surface area (Å²) in [7, 11) is 0. The highest BCUT2D eigenvalue weighted by Gasteiger charge is 2.38. The van der Waals surface area contributed by atoms with Crippen LogP contribution in [0.1, 0.15) is 55.4 Å². The number of hydrogen-bond donors (Lipinski definition) is 1. The number of carbonyl (C=O) groups is 2. The Hall–Kier alpha value is -1.56. The number of rotatable bonds is 2. The van der Waals surface area contributed by atoms with Gasteiger partial charge >= 0.3 is 6.03 Å². The van der Waals surface area contributed by atoms with Gasteiger partial charge in [-0.3, -0.25) is 4.79 Å². The summed E-state index contributed by atoms with van der Waals surface area (Å²) in [5, 5.41) is 5.29. The summed E-state index contributed by atoms with van der Waals surface area (Å²) < 4.78 is 0. The van der Waals surface area contributed by atoms with Crippen LogP contribution in [0.4, 0.5) is 4.79 Å². The van der Waals surface area contributed by atoms with Crippen molar-refractivity contribution in [2.24, 2.45) is 0 Å². The highest BCUT2D eigenvalue weighted by atomic mass is 32.1. The molecule has 1 unspecified atom stereocenters. The number of fused-ring (bicyclic) bond motifs is 1. The van der Waals surface area contributed by atoms with Gasteiger partial charge in [0, 0.05) is 30.6 Å². The molecule has 2 aliphatic heterocycles. The van der Waals surface area contributed by atoms with E-state index in [1.807, 2.05) is 4.90 Å². The van der Waals surface area contributed by atoms with Crippen LogP contribution in [0.2, 0.25) is 0 Å². The fourth-order valence-electron chi connectivity index (χ4n) is 4.42. The summed E-state index contributed by atoms with van der Waals surface area (Å²) in [5.74, 6) is 0.133. The van der Waals surface area contributed by atoms with Crippen molar-refractivity contribution in [2.45, 2.75) is 70.0 Å². The standard InChI is InChI=1S/C19H27N3O2S/c23-18(21-11-8-17-14(13-21)9-12-25-17)16-7-4-10-22(16)19(24)20-15-5-2-1-3-6-15/h9,12,15-16H,1-8,10-11,13H2,(H,20,24). The van der Waals surface area contributed by atoms with E-state index in [-0.39, 0.29) is 18.0 Å². The molecular formula is C19H27N3O2S. The highest BCUT2D eigenvalue weighted by Crippen LogP contribution is 2.27. The summed E-state index contributed by atoms with van der Waals surface area (Å²) >= 11 is 1.78. The topological polar surface area (TPSA) is 52.7 Å². The summed E-state index contributed by atoms with van der Waals surface area (Å²) in [4.78, 5) is 30.9. The fraction of sp³-hybridized carbons (Fsp3) is 0.684. The molecule has 1 N–H and O–H groups in total. The zero-order valence-corrected chi connectivity index (χ0v) is 15.5. The van der Waals surface area contributed by atoms with Gasteiger partial charge in [0.25, 0.3) is 0 Å². The molecule has 1 saturated carbocycles. The van der Waals surface area contributed by atoms with E-state index < -0.39 is 0 Å². The van der Waals surface area contributed by atoms with Gasteiger partial charge in [0.1, 0.15) is 6.04 Å². The van der Waals surface area contributed by atoms with Crippen LogP contribution in [0.25, 0.3) is 0 Å². The van der Waals surface area contributed by atoms with Crippen molar-refractivity contribution in [3.05, 3.63) is 21.9 Å². The zero-order chi connectivity index (χ0) is 17.2. The molecule has 1 aromatic heterocycles. The Morgan fingerprint density at radius 1 is 1.08 bits per heavy atom. The first-order valence-electron chi connectivity index (χ1n) is 9.63. The second kappa shape index (κ2) is 7.36. The van der Waals surface area contributed by atoms with Gasteiger partial charge in [0.15, 0.2) is 0 Å². The number of thiophene rings is 1. The SMILES string of the molecule is O=C(C1CCCN1C(=O)NC1CCCCC1)N1CCc2sccc2C1. The monoisotopic (exact) mass is 361 g/mol. The van der Waals surface area contributed by atoms with E-state index >= 15 is 0 Å². The van der Waals surface area contributed by atoms with Crippen molar-refractivity contribution in [2.75, 3.05) is 13.1 Å². The number of likely N-dealkylation sites (tertiary alicyclic amines) is 1. The molecule has 1 atom stereocenters. The van der Waals surface area contributed by atoms with Gasteiger partial charge in [0.2, 0.25) is 5.91 Å². The van der Waals surface area contributed by atoms with Crippen LogP contribution in [-0.4, -0.2) is 46.9 Å². The Balaban J connectivity index is 1.39. The smallest absolute Gasteiger partial charge is 0.318 e. The lowest BCUT2D eigenvalue weighted by atomic mass is 9.96. The molecule has 0 aromatic carbocycles. The Labute approximate surface area is 153 Å². The molecule has 1 aliphatic carbocycles. The Morgan fingerprint density at radius 2 is 1.92 bits per heavy atom. The minimum absolute atomic E-state index is 0.0315. The van der Waals surface area contributed by atoms with Crippen LogP contribution in [0, 0.1) is 0 Å². The van der Waals surface area contributed by atoms with E-state index in [4.69, 9.17) is 0 Å².